The minimum atomic E-state index is -5.26. The van der Waals surface area contributed by atoms with Crippen molar-refractivity contribution in [3.05, 3.63) is 12.3 Å². The first-order chi connectivity index (χ1) is 25.0. The van der Waals surface area contributed by atoms with E-state index in [-0.39, 0.29) is 19.3 Å². The Morgan fingerprint density at radius 1 is 0.981 bits per heavy atom. The number of carbonyl (C=O) groups is 1. The van der Waals surface area contributed by atoms with Crippen LogP contribution >= 0.6 is 0 Å². The van der Waals surface area contributed by atoms with Gasteiger partial charge in [0.05, 0.1) is 45.7 Å². The number of unbranched alkanes of at least 4 members (excludes halogenated alkanes) is 1. The Kier molecular flexibility index (Phi) is 21.0. The number of amides is 1. The van der Waals surface area contributed by atoms with E-state index in [9.17, 15) is 57.4 Å². The predicted molar refractivity (Wildman–Crippen MR) is 175 cm³/mol. The number of nitrogens with zero attached hydrogens (tertiary/aromatic N) is 2. The smallest absolute Gasteiger partial charge is 0.392 e. The lowest BCUT2D eigenvalue weighted by molar-refractivity contribution is -0.189. The average Bonchev–Trinajstić information content (AvgIpc) is 3.30. The lowest BCUT2D eigenvalue weighted by atomic mass is 10.0. The Morgan fingerprint density at radius 3 is 2.30 bits per heavy atom. The van der Waals surface area contributed by atoms with Crippen molar-refractivity contribution in [3.63, 3.8) is 0 Å². The lowest BCUT2D eigenvalue weighted by Gasteiger charge is -2.34. The normalized spacial score (nSPS) is 24.5. The van der Waals surface area contributed by atoms with Crippen LogP contribution in [-0.4, -0.2) is 168 Å². The fourth-order valence-electron chi connectivity index (χ4n) is 5.14. The summed E-state index contributed by atoms with van der Waals surface area (Å²) in [5.41, 5.74) is 0. The van der Waals surface area contributed by atoms with E-state index in [1.807, 2.05) is 0 Å². The van der Waals surface area contributed by atoms with Gasteiger partial charge in [0.15, 0.2) is 12.4 Å². The molecule has 53 heavy (non-hydrogen) atoms. The molecule has 310 valence electrons. The number of nitrogens with one attached hydrogen (secondary N) is 3. The van der Waals surface area contributed by atoms with Gasteiger partial charge in [-0.15, -0.1) is 0 Å². The van der Waals surface area contributed by atoms with E-state index in [2.05, 4.69) is 15.6 Å². The van der Waals surface area contributed by atoms with Crippen LogP contribution in [0.4, 0.5) is 22.0 Å². The van der Waals surface area contributed by atoms with Crippen LogP contribution in [0.1, 0.15) is 51.9 Å². The number of carbonyl (C=O) groups excluding carboxylic acids is 1. The Labute approximate surface area is 304 Å². The summed E-state index contributed by atoms with van der Waals surface area (Å²) in [5.74, 6) is -7.18. The predicted octanol–water partition coefficient (Wildman–Crippen LogP) is -0.800. The summed E-state index contributed by atoms with van der Waals surface area (Å²) in [6, 6.07) is -0.449. The monoisotopic (exact) mass is 783 g/mol. The van der Waals surface area contributed by atoms with Gasteiger partial charge in [0, 0.05) is 25.8 Å². The SMILES string of the molecule is COCCOCCOCC[C@@H](O)NCCCCC(N[C@H](O)CCC[C@H](O)OC[C@H]1O[C@@H](N2C=CC(NC(=O)C(F)(F)F)=N[C@H]2O)C(F)(F)C1O)[C@@H](C)O. The Bertz CT molecular complexity index is 1110. The van der Waals surface area contributed by atoms with Crippen LogP contribution < -0.4 is 16.0 Å². The number of aliphatic hydroxyl groups is 6. The molecule has 1 fully saturated rings. The third kappa shape index (κ3) is 17.0. The van der Waals surface area contributed by atoms with Gasteiger partial charge in [-0.25, -0.2) is 4.99 Å². The molecule has 1 amide bonds. The molecule has 0 bridgehead atoms. The maximum Gasteiger partial charge on any atom is 0.471 e. The molecule has 2 aliphatic rings. The summed E-state index contributed by atoms with van der Waals surface area (Å²) in [6.45, 7) is 3.59. The zero-order valence-electron chi connectivity index (χ0n) is 29.7. The number of rotatable bonds is 26. The summed E-state index contributed by atoms with van der Waals surface area (Å²) in [5, 5.41) is 68.4. The number of ether oxygens (including phenoxy) is 5. The first kappa shape index (κ1) is 47.0. The fourth-order valence-corrected chi connectivity index (χ4v) is 5.14. The Balaban J connectivity index is 1.65. The molecule has 2 heterocycles. The van der Waals surface area contributed by atoms with Crippen molar-refractivity contribution in [2.45, 2.75) is 120 Å². The number of hydrogen-bond donors (Lipinski definition) is 9. The zero-order chi connectivity index (χ0) is 39.6. The van der Waals surface area contributed by atoms with Gasteiger partial charge < -0.3 is 64.5 Å². The molecule has 0 aromatic carbocycles. The van der Waals surface area contributed by atoms with Gasteiger partial charge >= 0.3 is 18.0 Å². The van der Waals surface area contributed by atoms with E-state index in [4.69, 9.17) is 23.7 Å². The number of aliphatic hydroxyl groups excluding tert-OH is 6. The Hall–Kier alpha value is -2.19. The molecule has 22 heteroatoms. The number of hydrogen-bond acceptors (Lipinski definition) is 16. The topological polar surface area (TPSA) is 236 Å². The third-order valence-corrected chi connectivity index (χ3v) is 8.11. The quantitative estimate of drug-likeness (QED) is 0.0297. The van der Waals surface area contributed by atoms with E-state index in [0.717, 1.165) is 6.08 Å². The van der Waals surface area contributed by atoms with Gasteiger partial charge in [0.1, 0.15) is 24.4 Å². The molecule has 0 aromatic heterocycles. The highest BCUT2D eigenvalue weighted by Crippen LogP contribution is 2.39. The van der Waals surface area contributed by atoms with Gasteiger partial charge in [-0.3, -0.25) is 15.4 Å². The number of amidine groups is 1. The number of halogens is 5. The molecule has 0 saturated carbocycles. The molecule has 17 nitrogen and oxygen atoms in total. The summed E-state index contributed by atoms with van der Waals surface area (Å²) in [7, 11) is 1.59. The lowest BCUT2D eigenvalue weighted by Crippen LogP contribution is -2.52. The van der Waals surface area contributed by atoms with Crippen molar-refractivity contribution in [1.82, 2.24) is 20.9 Å². The molecule has 0 aromatic rings. The second-order valence-corrected chi connectivity index (χ2v) is 12.4. The maximum absolute atomic E-state index is 14.9. The molecular formula is C31H54F5N5O12. The van der Waals surface area contributed by atoms with Crippen LogP contribution in [0.3, 0.4) is 0 Å². The minimum Gasteiger partial charge on any atom is -0.392 e. The van der Waals surface area contributed by atoms with Gasteiger partial charge in [-0.2, -0.15) is 22.0 Å². The molecule has 0 spiro atoms. The van der Waals surface area contributed by atoms with E-state index in [1.165, 1.54) is 5.32 Å². The second-order valence-electron chi connectivity index (χ2n) is 12.4. The summed E-state index contributed by atoms with van der Waals surface area (Å²) < 4.78 is 93.1. The molecule has 1 saturated heterocycles. The summed E-state index contributed by atoms with van der Waals surface area (Å²) in [6.07, 6.45) is -14.1. The van der Waals surface area contributed by atoms with Gasteiger partial charge in [0.25, 0.3) is 0 Å². The molecule has 0 aliphatic carbocycles. The number of aliphatic imine (C=N–C) groups is 1. The first-order valence-electron chi connectivity index (χ1n) is 17.3. The van der Waals surface area contributed by atoms with E-state index >= 15 is 0 Å². The highest BCUT2D eigenvalue weighted by atomic mass is 19.4. The highest BCUT2D eigenvalue weighted by Gasteiger charge is 2.61. The van der Waals surface area contributed by atoms with E-state index in [1.54, 1.807) is 14.0 Å². The molecule has 2 aliphatic heterocycles. The van der Waals surface area contributed by atoms with Crippen LogP contribution in [0.25, 0.3) is 0 Å². The minimum absolute atomic E-state index is 0.0450. The van der Waals surface area contributed by atoms with E-state index < -0.39 is 86.1 Å². The van der Waals surface area contributed by atoms with Crippen LogP contribution in [0.2, 0.25) is 0 Å². The van der Waals surface area contributed by atoms with Crippen molar-refractivity contribution >= 4 is 11.7 Å². The van der Waals surface area contributed by atoms with Crippen molar-refractivity contribution in [1.29, 1.82) is 0 Å². The third-order valence-electron chi connectivity index (χ3n) is 8.11. The van der Waals surface area contributed by atoms with Crippen molar-refractivity contribution in [3.8, 4) is 0 Å². The largest absolute Gasteiger partial charge is 0.471 e. The van der Waals surface area contributed by atoms with Crippen molar-refractivity contribution in [2.24, 2.45) is 4.99 Å². The second kappa shape index (κ2) is 23.7. The summed E-state index contributed by atoms with van der Waals surface area (Å²) >= 11 is 0. The average molecular weight is 784 g/mol. The van der Waals surface area contributed by atoms with Gasteiger partial charge in [-0.1, -0.05) is 6.42 Å². The van der Waals surface area contributed by atoms with Crippen LogP contribution in [0.5, 0.6) is 0 Å². The molecular weight excluding hydrogens is 729 g/mol. The standard InChI is InChI=1S/C31H54F5N5O12/c1-19(42)20(6-3-4-11-37-23(43)10-13-50-16-17-51-15-14-49-2)38-24(44)7-5-8-25(45)52-18-21-26(46)30(32,33)28(53-21)41-12-9-22(40-29(41)48)39-27(47)31(34,35)36/h9,12,19-21,23-26,28-29,37-38,42-46,48H,3-8,10-11,13-18H2,1-2H3,(H,39,40,47)/t19-,20?,21-,23-,24-,25-,26?,28-,29-/m1/s1. The van der Waals surface area contributed by atoms with Crippen LogP contribution in [0, 0.1) is 0 Å². The number of methoxy groups -OCH3 is 1. The first-order valence-corrected chi connectivity index (χ1v) is 17.3. The molecule has 2 rings (SSSR count). The fraction of sp³-hybridized carbons (Fsp3) is 0.871. The van der Waals surface area contributed by atoms with Gasteiger partial charge in [-0.05, 0) is 51.6 Å². The molecule has 9 N–H and O–H groups in total. The van der Waals surface area contributed by atoms with E-state index in [0.29, 0.717) is 76.4 Å². The van der Waals surface area contributed by atoms with Crippen molar-refractivity contribution in [2.75, 3.05) is 53.3 Å². The Morgan fingerprint density at radius 2 is 1.66 bits per heavy atom. The molecule has 2 unspecified atom stereocenters. The summed E-state index contributed by atoms with van der Waals surface area (Å²) in [4.78, 5) is 14.8. The van der Waals surface area contributed by atoms with Gasteiger partial charge in [0.2, 0.25) is 12.6 Å². The zero-order valence-corrected chi connectivity index (χ0v) is 29.7. The van der Waals surface area contributed by atoms with Crippen LogP contribution in [-0.2, 0) is 28.5 Å². The highest BCUT2D eigenvalue weighted by molar-refractivity contribution is 6.06. The number of alkyl halides is 5. The van der Waals surface area contributed by atoms with Crippen LogP contribution in [0.15, 0.2) is 17.3 Å². The molecule has 9 atom stereocenters. The maximum atomic E-state index is 14.9. The van der Waals surface area contributed by atoms with Crippen molar-refractivity contribution < 1.29 is 81.1 Å². The molecule has 0 radical (unpaired) electrons.